The van der Waals surface area contributed by atoms with E-state index in [1.54, 1.807) is 29.1 Å². The highest BCUT2D eigenvalue weighted by atomic mass is 127. The Morgan fingerprint density at radius 3 is 1.61 bits per heavy atom. The van der Waals surface area contributed by atoms with Crippen LogP contribution in [0.2, 0.25) is 0 Å². The van der Waals surface area contributed by atoms with Gasteiger partial charge in [0.1, 0.15) is 11.3 Å². The summed E-state index contributed by atoms with van der Waals surface area (Å²) in [6.07, 6.45) is 0. The molecular formula is C27H29IO3. The number of aromatic hydroxyl groups is 1. The summed E-state index contributed by atoms with van der Waals surface area (Å²) in [5.41, 5.74) is 6.00. The molecule has 4 heteroatoms. The highest BCUT2D eigenvalue weighted by molar-refractivity contribution is 14.1. The third kappa shape index (κ3) is 4.95. The second kappa shape index (κ2) is 8.65. The maximum atomic E-state index is 12.2. The molecule has 3 rings (SSSR count). The molecule has 1 N–H and O–H groups in total. The first-order valence-electron chi connectivity index (χ1n) is 10.3. The molecule has 0 aliphatic carbocycles. The van der Waals surface area contributed by atoms with E-state index >= 15 is 0 Å². The van der Waals surface area contributed by atoms with Crippen LogP contribution < -0.4 is 0 Å². The number of phenolic OH excluding ortho intramolecular Hbond substituents is 1. The summed E-state index contributed by atoms with van der Waals surface area (Å²) in [6.45, 7) is 13.0. The molecule has 0 aliphatic heterocycles. The van der Waals surface area contributed by atoms with Crippen LogP contribution in [0, 0.1) is 0 Å². The van der Waals surface area contributed by atoms with Gasteiger partial charge in [-0.15, -0.1) is 0 Å². The van der Waals surface area contributed by atoms with Crippen LogP contribution in [-0.2, 0) is 13.9 Å². The number of carbonyl (C=O) groups excluding carboxylic acids is 1. The van der Waals surface area contributed by atoms with E-state index < -0.39 is 5.97 Å². The van der Waals surface area contributed by atoms with Gasteiger partial charge in [0.25, 0.3) is 0 Å². The van der Waals surface area contributed by atoms with Crippen LogP contribution in [0.15, 0.2) is 60.7 Å². The van der Waals surface area contributed by atoms with Crippen molar-refractivity contribution in [2.45, 2.75) is 52.4 Å². The van der Waals surface area contributed by atoms with E-state index in [0.29, 0.717) is 5.56 Å². The third-order valence-electron chi connectivity index (χ3n) is 5.57. The lowest BCUT2D eigenvalue weighted by Gasteiger charge is -2.21. The number of hydrogen-bond donors (Lipinski definition) is 1. The zero-order valence-electron chi connectivity index (χ0n) is 18.9. The largest absolute Gasteiger partial charge is 0.506 e. The molecule has 0 bridgehead atoms. The van der Waals surface area contributed by atoms with Gasteiger partial charge in [0.2, 0.25) is 0 Å². The van der Waals surface area contributed by atoms with Crippen molar-refractivity contribution in [1.82, 2.24) is 0 Å². The van der Waals surface area contributed by atoms with Gasteiger partial charge in [0.05, 0.1) is 0 Å². The zero-order chi connectivity index (χ0) is 23.0. The summed E-state index contributed by atoms with van der Waals surface area (Å²) in [5, 5.41) is 11.1. The van der Waals surface area contributed by atoms with Gasteiger partial charge >= 0.3 is 5.97 Å². The molecule has 0 unspecified atom stereocenters. The molecule has 31 heavy (non-hydrogen) atoms. The Balaban J connectivity index is 2.20. The van der Waals surface area contributed by atoms with Crippen molar-refractivity contribution in [1.29, 1.82) is 0 Å². The van der Waals surface area contributed by atoms with E-state index in [4.69, 9.17) is 3.07 Å². The van der Waals surface area contributed by atoms with Gasteiger partial charge in [-0.05, 0) is 44.7 Å². The van der Waals surface area contributed by atoms with Gasteiger partial charge in [-0.1, -0.05) is 96.1 Å². The van der Waals surface area contributed by atoms with Gasteiger partial charge in [0, 0.05) is 5.56 Å². The standard InChI is InChI=1S/C27H29IO3/c1-26(2,3)19-11-7-17(8-12-19)21-15-16-22(25(30)31-28)24(29)23(21)18-9-13-20(14-10-18)27(4,5)6/h7-16,29H,1-6H3. The van der Waals surface area contributed by atoms with Gasteiger partial charge in [0.15, 0.2) is 23.0 Å². The summed E-state index contributed by atoms with van der Waals surface area (Å²) in [7, 11) is 0. The average molecular weight is 528 g/mol. The quantitative estimate of drug-likeness (QED) is 0.353. The van der Waals surface area contributed by atoms with E-state index in [-0.39, 0.29) is 22.1 Å². The van der Waals surface area contributed by atoms with Gasteiger partial charge in [-0.2, -0.15) is 0 Å². The summed E-state index contributed by atoms with van der Waals surface area (Å²) in [6, 6.07) is 20.0. The lowest BCUT2D eigenvalue weighted by atomic mass is 9.84. The predicted octanol–water partition coefficient (Wildman–Crippen LogP) is 7.83. The summed E-state index contributed by atoms with van der Waals surface area (Å²) in [4.78, 5) is 12.2. The smallest absolute Gasteiger partial charge is 0.351 e. The molecular weight excluding hydrogens is 499 g/mol. The second-order valence-corrected chi connectivity index (χ2v) is 10.3. The fraction of sp³-hybridized carbons (Fsp3) is 0.296. The number of benzene rings is 3. The van der Waals surface area contributed by atoms with Gasteiger partial charge in [-0.3, -0.25) is 0 Å². The lowest BCUT2D eigenvalue weighted by Crippen LogP contribution is -2.10. The molecule has 0 saturated carbocycles. The monoisotopic (exact) mass is 528 g/mol. The number of phenols is 1. The summed E-state index contributed by atoms with van der Waals surface area (Å²) < 4.78 is 4.84. The Morgan fingerprint density at radius 2 is 1.19 bits per heavy atom. The number of halogens is 1. The van der Waals surface area contributed by atoms with Crippen molar-refractivity contribution in [2.75, 3.05) is 0 Å². The first kappa shape index (κ1) is 23.3. The van der Waals surface area contributed by atoms with Crippen molar-refractivity contribution in [3.8, 4) is 28.0 Å². The Kier molecular flexibility index (Phi) is 6.51. The molecule has 0 heterocycles. The van der Waals surface area contributed by atoms with Crippen LogP contribution in [0.1, 0.15) is 63.0 Å². The van der Waals surface area contributed by atoms with E-state index in [9.17, 15) is 9.90 Å². The van der Waals surface area contributed by atoms with Gasteiger partial charge in [-0.25, -0.2) is 4.79 Å². The minimum atomic E-state index is -0.569. The maximum absolute atomic E-state index is 12.2. The Morgan fingerprint density at radius 1 is 0.742 bits per heavy atom. The van der Waals surface area contributed by atoms with Crippen LogP contribution in [0.4, 0.5) is 0 Å². The minimum Gasteiger partial charge on any atom is -0.506 e. The van der Waals surface area contributed by atoms with E-state index in [1.807, 2.05) is 18.2 Å². The Hall–Kier alpha value is -2.34. The molecule has 0 atom stereocenters. The first-order valence-corrected chi connectivity index (χ1v) is 11.2. The maximum Gasteiger partial charge on any atom is 0.351 e. The SMILES string of the molecule is CC(C)(C)c1ccc(-c2ccc(C(=O)OI)c(O)c2-c2ccc(C(C)(C)C)cc2)cc1. The normalized spacial score (nSPS) is 12.0. The molecule has 162 valence electrons. The molecule has 0 fully saturated rings. The summed E-state index contributed by atoms with van der Waals surface area (Å²) in [5.74, 6) is -0.636. The molecule has 3 aromatic rings. The Labute approximate surface area is 199 Å². The van der Waals surface area contributed by atoms with Crippen molar-refractivity contribution >= 4 is 29.0 Å². The summed E-state index contributed by atoms with van der Waals surface area (Å²) >= 11 is 1.54. The molecule has 0 amide bonds. The second-order valence-electron chi connectivity index (χ2n) is 9.90. The lowest BCUT2D eigenvalue weighted by molar-refractivity contribution is 0.0797. The fourth-order valence-electron chi connectivity index (χ4n) is 3.62. The van der Waals surface area contributed by atoms with Crippen LogP contribution in [0.3, 0.4) is 0 Å². The molecule has 0 aliphatic rings. The zero-order valence-corrected chi connectivity index (χ0v) is 21.1. The van der Waals surface area contributed by atoms with Crippen LogP contribution in [0.25, 0.3) is 22.3 Å². The van der Waals surface area contributed by atoms with Crippen molar-refractivity contribution in [3.05, 3.63) is 77.4 Å². The average Bonchev–Trinajstić information content (AvgIpc) is 2.72. The van der Waals surface area contributed by atoms with Crippen molar-refractivity contribution < 1.29 is 13.0 Å². The predicted molar refractivity (Wildman–Crippen MR) is 136 cm³/mol. The molecule has 0 saturated heterocycles. The number of carbonyl (C=O) groups is 1. The van der Waals surface area contributed by atoms with E-state index in [0.717, 1.165) is 16.7 Å². The third-order valence-corrected chi connectivity index (χ3v) is 5.97. The van der Waals surface area contributed by atoms with Crippen LogP contribution in [-0.4, -0.2) is 11.1 Å². The van der Waals surface area contributed by atoms with Crippen LogP contribution >= 0.6 is 23.0 Å². The molecule has 0 spiro atoms. The van der Waals surface area contributed by atoms with E-state index in [1.165, 1.54) is 11.1 Å². The van der Waals surface area contributed by atoms with E-state index in [2.05, 4.69) is 77.9 Å². The van der Waals surface area contributed by atoms with Crippen LogP contribution in [0.5, 0.6) is 5.75 Å². The molecule has 0 radical (unpaired) electrons. The molecule has 3 nitrogen and oxygen atoms in total. The Bertz CT molecular complexity index is 1080. The minimum absolute atomic E-state index is 0.0268. The highest BCUT2D eigenvalue weighted by Gasteiger charge is 2.22. The fourth-order valence-corrected chi connectivity index (χ4v) is 3.85. The topological polar surface area (TPSA) is 46.5 Å². The van der Waals surface area contributed by atoms with Gasteiger partial charge < -0.3 is 8.17 Å². The molecule has 3 aromatic carbocycles. The number of rotatable bonds is 3. The number of hydrogen-bond acceptors (Lipinski definition) is 3. The molecule has 0 aromatic heterocycles. The van der Waals surface area contributed by atoms with Crippen molar-refractivity contribution in [2.24, 2.45) is 0 Å². The highest BCUT2D eigenvalue weighted by Crippen LogP contribution is 2.42. The van der Waals surface area contributed by atoms with Crippen molar-refractivity contribution in [3.63, 3.8) is 0 Å². The first-order chi connectivity index (χ1) is 14.4.